The van der Waals surface area contributed by atoms with E-state index < -0.39 is 0 Å². The lowest BCUT2D eigenvalue weighted by atomic mass is 10.2. The second-order valence-electron chi connectivity index (χ2n) is 5.46. The summed E-state index contributed by atoms with van der Waals surface area (Å²) >= 11 is 1.36. The number of aryl methyl sites for hydroxylation is 1. The van der Waals surface area contributed by atoms with Crippen LogP contribution in [0.1, 0.15) is 31.5 Å². The summed E-state index contributed by atoms with van der Waals surface area (Å²) in [6, 6.07) is 7.64. The van der Waals surface area contributed by atoms with Crippen molar-refractivity contribution < 1.29 is 19.1 Å². The van der Waals surface area contributed by atoms with Gasteiger partial charge in [-0.25, -0.2) is 4.98 Å². The third-order valence-corrected chi connectivity index (χ3v) is 4.36. The normalized spacial score (nSPS) is 10.4. The highest BCUT2D eigenvalue weighted by atomic mass is 32.1. The zero-order chi connectivity index (χ0) is 18.2. The molecule has 0 spiro atoms. The molecule has 0 aliphatic carbocycles. The minimum atomic E-state index is -0.347. The lowest BCUT2D eigenvalue weighted by Gasteiger charge is -2.14. The van der Waals surface area contributed by atoms with Gasteiger partial charge in [0.05, 0.1) is 18.7 Å². The van der Waals surface area contributed by atoms with Crippen molar-refractivity contribution in [3.05, 3.63) is 40.9 Å². The van der Waals surface area contributed by atoms with E-state index in [0.29, 0.717) is 17.4 Å². The summed E-state index contributed by atoms with van der Waals surface area (Å²) in [5.41, 5.74) is 1.79. The van der Waals surface area contributed by atoms with Crippen LogP contribution in [0.4, 0.5) is 5.13 Å². The van der Waals surface area contributed by atoms with Gasteiger partial charge in [0.1, 0.15) is 12.4 Å². The predicted molar refractivity (Wildman–Crippen MR) is 96.9 cm³/mol. The molecular weight excluding hydrogens is 340 g/mol. The maximum atomic E-state index is 11.8. The van der Waals surface area contributed by atoms with Crippen LogP contribution in [0.25, 0.3) is 0 Å². The first-order chi connectivity index (χ1) is 12.0. The summed E-state index contributed by atoms with van der Waals surface area (Å²) in [4.78, 5) is 29.2. The Bertz CT molecular complexity index is 712. The van der Waals surface area contributed by atoms with Crippen LogP contribution in [0.5, 0.6) is 5.75 Å². The number of nitrogens with zero attached hydrogens (tertiary/aromatic N) is 2. The molecule has 0 unspecified atom stereocenters. The maximum absolute atomic E-state index is 11.8. The Morgan fingerprint density at radius 2 is 1.96 bits per heavy atom. The Morgan fingerprint density at radius 3 is 2.60 bits per heavy atom. The molecule has 1 aromatic carbocycles. The van der Waals surface area contributed by atoms with Gasteiger partial charge in [-0.1, -0.05) is 17.7 Å². The zero-order valence-electron chi connectivity index (χ0n) is 14.7. The largest absolute Gasteiger partial charge is 0.493 e. The van der Waals surface area contributed by atoms with Crippen molar-refractivity contribution in [1.29, 1.82) is 0 Å². The summed E-state index contributed by atoms with van der Waals surface area (Å²) < 4.78 is 10.7. The summed E-state index contributed by atoms with van der Waals surface area (Å²) in [6.07, 6.45) is 0.166. The van der Waals surface area contributed by atoms with Gasteiger partial charge in [0, 0.05) is 18.8 Å². The topological polar surface area (TPSA) is 68.7 Å². The second kappa shape index (κ2) is 9.17. The van der Waals surface area contributed by atoms with Crippen LogP contribution in [0, 0.1) is 6.92 Å². The van der Waals surface area contributed by atoms with Crippen molar-refractivity contribution in [2.45, 2.75) is 33.8 Å². The number of carbonyl (C=O) groups excluding carboxylic acids is 2. The number of hydrogen-bond donors (Lipinski definition) is 0. The first-order valence-electron chi connectivity index (χ1n) is 8.07. The molecule has 1 heterocycles. The van der Waals surface area contributed by atoms with Gasteiger partial charge in [0.25, 0.3) is 0 Å². The summed E-state index contributed by atoms with van der Waals surface area (Å²) in [5.74, 6) is 0.320. The van der Waals surface area contributed by atoms with Crippen LogP contribution < -0.4 is 9.64 Å². The van der Waals surface area contributed by atoms with Crippen LogP contribution in [-0.4, -0.2) is 30.0 Å². The Balaban J connectivity index is 1.73. The number of carbonyl (C=O) groups is 2. The summed E-state index contributed by atoms with van der Waals surface area (Å²) in [6.45, 7) is 6.29. The fraction of sp³-hybridized carbons (Fsp3) is 0.389. The van der Waals surface area contributed by atoms with E-state index in [4.69, 9.17) is 9.47 Å². The molecule has 0 radical (unpaired) electrons. The Labute approximate surface area is 151 Å². The second-order valence-corrected chi connectivity index (χ2v) is 6.29. The summed E-state index contributed by atoms with van der Waals surface area (Å²) in [5, 5.41) is 2.40. The molecule has 0 aliphatic rings. The number of aromatic nitrogens is 1. The lowest BCUT2D eigenvalue weighted by molar-refractivity contribution is -0.145. The van der Waals surface area contributed by atoms with E-state index in [-0.39, 0.29) is 31.5 Å². The Kier molecular flexibility index (Phi) is 6.94. The van der Waals surface area contributed by atoms with Crippen LogP contribution >= 0.6 is 11.3 Å². The standard InChI is InChI=1S/C18H22N2O4S/c1-4-20(14(3)21)18-19-15(12-25-18)11-24-17(22)9-10-23-16-7-5-13(2)6-8-16/h5-8,12H,4,9-11H2,1-3H3. The minimum Gasteiger partial charge on any atom is -0.493 e. The molecule has 0 bridgehead atoms. The highest BCUT2D eigenvalue weighted by Crippen LogP contribution is 2.21. The SMILES string of the molecule is CCN(C(C)=O)c1nc(COC(=O)CCOc2ccc(C)cc2)cs1. The average molecular weight is 362 g/mol. The highest BCUT2D eigenvalue weighted by Gasteiger charge is 2.14. The van der Waals surface area contributed by atoms with E-state index in [9.17, 15) is 9.59 Å². The number of amides is 1. The molecule has 0 aliphatic heterocycles. The zero-order valence-corrected chi connectivity index (χ0v) is 15.5. The first kappa shape index (κ1) is 18.9. The van der Waals surface area contributed by atoms with Gasteiger partial charge < -0.3 is 9.47 Å². The molecule has 1 amide bonds. The van der Waals surface area contributed by atoms with Crippen molar-refractivity contribution in [1.82, 2.24) is 4.98 Å². The van der Waals surface area contributed by atoms with Crippen molar-refractivity contribution in [3.63, 3.8) is 0 Å². The Morgan fingerprint density at radius 1 is 1.24 bits per heavy atom. The van der Waals surface area contributed by atoms with Gasteiger partial charge in [-0.15, -0.1) is 11.3 Å². The van der Waals surface area contributed by atoms with Gasteiger partial charge in [0.15, 0.2) is 5.13 Å². The van der Waals surface area contributed by atoms with E-state index in [1.807, 2.05) is 38.1 Å². The number of anilines is 1. The van der Waals surface area contributed by atoms with Gasteiger partial charge in [-0.05, 0) is 26.0 Å². The number of benzene rings is 1. The molecule has 2 rings (SSSR count). The van der Waals surface area contributed by atoms with Crippen molar-refractivity contribution in [2.24, 2.45) is 0 Å². The summed E-state index contributed by atoms with van der Waals surface area (Å²) in [7, 11) is 0. The van der Waals surface area contributed by atoms with Gasteiger partial charge >= 0.3 is 5.97 Å². The minimum absolute atomic E-state index is 0.0614. The molecule has 2 aromatic rings. The molecule has 134 valence electrons. The molecule has 0 saturated heterocycles. The quantitative estimate of drug-likeness (QED) is 0.674. The molecule has 1 aromatic heterocycles. The predicted octanol–water partition coefficient (Wildman–Crippen LogP) is 3.34. The molecule has 7 heteroatoms. The highest BCUT2D eigenvalue weighted by molar-refractivity contribution is 7.14. The van der Waals surface area contributed by atoms with E-state index in [1.165, 1.54) is 18.3 Å². The van der Waals surface area contributed by atoms with E-state index in [0.717, 1.165) is 11.3 Å². The number of esters is 1. The van der Waals surface area contributed by atoms with Gasteiger partial charge in [-0.2, -0.15) is 0 Å². The van der Waals surface area contributed by atoms with Crippen LogP contribution in [0.2, 0.25) is 0 Å². The monoisotopic (exact) mass is 362 g/mol. The van der Waals surface area contributed by atoms with Crippen molar-refractivity contribution >= 4 is 28.3 Å². The van der Waals surface area contributed by atoms with Gasteiger partial charge in [-0.3, -0.25) is 14.5 Å². The third kappa shape index (κ3) is 5.86. The van der Waals surface area contributed by atoms with Crippen LogP contribution in [0.3, 0.4) is 0 Å². The average Bonchev–Trinajstić information content (AvgIpc) is 3.04. The number of thiazole rings is 1. The molecule has 6 nitrogen and oxygen atoms in total. The lowest BCUT2D eigenvalue weighted by Crippen LogP contribution is -2.27. The van der Waals surface area contributed by atoms with E-state index in [2.05, 4.69) is 4.98 Å². The molecule has 0 fully saturated rings. The molecule has 0 saturated carbocycles. The smallest absolute Gasteiger partial charge is 0.309 e. The number of ether oxygens (including phenoxy) is 2. The van der Waals surface area contributed by atoms with Crippen LogP contribution in [0.15, 0.2) is 29.6 Å². The van der Waals surface area contributed by atoms with Gasteiger partial charge in [0.2, 0.25) is 5.91 Å². The molecule has 0 N–H and O–H groups in total. The van der Waals surface area contributed by atoms with Crippen molar-refractivity contribution in [2.75, 3.05) is 18.1 Å². The third-order valence-electron chi connectivity index (χ3n) is 3.44. The number of rotatable bonds is 8. The molecule has 0 atom stereocenters. The van der Waals surface area contributed by atoms with Crippen LogP contribution in [-0.2, 0) is 20.9 Å². The first-order valence-corrected chi connectivity index (χ1v) is 8.95. The maximum Gasteiger partial charge on any atom is 0.309 e. The fourth-order valence-electron chi connectivity index (χ4n) is 2.09. The fourth-order valence-corrected chi connectivity index (χ4v) is 3.01. The molecular formula is C18H22N2O4S. The Hall–Kier alpha value is -2.41. The molecule has 25 heavy (non-hydrogen) atoms. The number of hydrogen-bond acceptors (Lipinski definition) is 6. The van der Waals surface area contributed by atoms with E-state index >= 15 is 0 Å². The van der Waals surface area contributed by atoms with E-state index in [1.54, 1.807) is 10.3 Å². The van der Waals surface area contributed by atoms with Crippen molar-refractivity contribution in [3.8, 4) is 5.75 Å².